The van der Waals surface area contributed by atoms with Crippen LogP contribution >= 0.6 is 0 Å². The Morgan fingerprint density at radius 2 is 0.788 bits per heavy atom. The van der Waals surface area contributed by atoms with Gasteiger partial charge in [0.25, 0.3) is 0 Å². The minimum Gasteiger partial charge on any atom is -0.455 e. The van der Waals surface area contributed by atoms with Gasteiger partial charge in [-0.05, 0) is 60.3 Å². The van der Waals surface area contributed by atoms with E-state index >= 15 is 0 Å². The maximum Gasteiger partial charge on any atom is 0.179 e. The molecule has 0 amide bonds. The molecule has 0 aliphatic carbocycles. The van der Waals surface area contributed by atoms with E-state index in [-0.39, 0.29) is 35.8 Å². The van der Waals surface area contributed by atoms with Gasteiger partial charge in [-0.15, -0.1) is 0 Å². The number of para-hydroxylation sites is 1. The van der Waals surface area contributed by atoms with Crippen LogP contribution < -0.4 is 20.7 Å². The normalized spacial score (nSPS) is 12.7. The Morgan fingerprint density at radius 3 is 1.38 bits per heavy atom. The SMILES string of the molecule is [2H]c1cc2c(oc3c([2H])c([2H])c([2H])c(-c4ccc(-c5nc(-c6ccccc6)nc(-c6ccc([Si](c7ccccc7)(c7ccccc7)c7ccccc7)cc6)n5)c5ccccc45)c32)c(-c2ccccc2)c1[2H]. The van der Waals surface area contributed by atoms with Crippen LogP contribution in [-0.4, -0.2) is 23.0 Å². The van der Waals surface area contributed by atoms with Crippen molar-refractivity contribution in [3.63, 3.8) is 0 Å². The monoisotopic (exact) mass is 864 g/mol. The van der Waals surface area contributed by atoms with Crippen molar-refractivity contribution in [2.24, 2.45) is 0 Å². The molecule has 0 N–H and O–H groups in total. The van der Waals surface area contributed by atoms with E-state index in [1.165, 1.54) is 20.7 Å². The Hall–Kier alpha value is -8.51. The van der Waals surface area contributed by atoms with Crippen molar-refractivity contribution in [2.75, 3.05) is 0 Å². The smallest absolute Gasteiger partial charge is 0.179 e. The highest BCUT2D eigenvalue weighted by Crippen LogP contribution is 2.43. The third kappa shape index (κ3) is 6.64. The van der Waals surface area contributed by atoms with E-state index in [1.807, 2.05) is 97.1 Å². The van der Waals surface area contributed by atoms with Gasteiger partial charge < -0.3 is 4.42 Å². The molecule has 0 spiro atoms. The molecule has 0 aliphatic heterocycles. The summed E-state index contributed by atoms with van der Waals surface area (Å²) in [5.41, 5.74) is 5.04. The van der Waals surface area contributed by atoms with E-state index in [0.29, 0.717) is 56.1 Å². The largest absolute Gasteiger partial charge is 0.455 e. The number of nitrogens with zero attached hydrogens (tertiary/aromatic N) is 3. The van der Waals surface area contributed by atoms with Gasteiger partial charge in [0, 0.05) is 33.0 Å². The summed E-state index contributed by atoms with van der Waals surface area (Å²) < 4.78 is 51.9. The van der Waals surface area contributed by atoms with Gasteiger partial charge in [0.2, 0.25) is 0 Å². The standard InChI is InChI=1S/C61H41N3OSi/c1-6-20-42(21-7-1)49-32-18-34-55-57-53(33-19-35-56(57)65-58(49)55)52-40-41-54(51-31-17-16-30-50(51)52)61-63-59(43-22-8-2-9-23-43)62-60(64-61)44-36-38-48(39-37-44)66(45-24-10-3-11-25-45,46-26-12-4-13-27-46)47-28-14-5-15-29-47/h1-41H/i18D,19D,32D,33D,35D. The lowest BCUT2D eigenvalue weighted by Crippen LogP contribution is -2.74. The van der Waals surface area contributed by atoms with Crippen LogP contribution in [0.2, 0.25) is 0 Å². The van der Waals surface area contributed by atoms with E-state index in [1.54, 1.807) is 6.07 Å². The highest BCUT2D eigenvalue weighted by atomic mass is 28.3. The molecule has 0 aliphatic rings. The Balaban J connectivity index is 1.05. The number of benzene rings is 10. The maximum atomic E-state index is 9.46. The van der Waals surface area contributed by atoms with Gasteiger partial charge in [-0.2, -0.15) is 0 Å². The Morgan fingerprint density at radius 1 is 0.333 bits per heavy atom. The fourth-order valence-electron chi connectivity index (χ4n) is 9.55. The summed E-state index contributed by atoms with van der Waals surface area (Å²) in [6.07, 6.45) is 0. The van der Waals surface area contributed by atoms with Crippen LogP contribution in [-0.2, 0) is 0 Å². The molecule has 0 unspecified atom stereocenters. The van der Waals surface area contributed by atoms with Crippen LogP contribution in [0, 0.1) is 0 Å². The van der Waals surface area contributed by atoms with E-state index in [4.69, 9.17) is 24.9 Å². The van der Waals surface area contributed by atoms with Crippen molar-refractivity contribution in [3.8, 4) is 56.4 Å². The zero-order valence-electron chi connectivity index (χ0n) is 40.5. The summed E-state index contributed by atoms with van der Waals surface area (Å²) >= 11 is 0. The van der Waals surface area contributed by atoms with Crippen molar-refractivity contribution >= 4 is 61.5 Å². The van der Waals surface area contributed by atoms with Crippen molar-refractivity contribution < 1.29 is 11.3 Å². The molecule has 310 valence electrons. The number of hydrogen-bond acceptors (Lipinski definition) is 4. The first-order valence-electron chi connectivity index (χ1n) is 24.4. The molecule has 12 aromatic rings. The lowest BCUT2D eigenvalue weighted by molar-refractivity contribution is 0.670. The lowest BCUT2D eigenvalue weighted by Gasteiger charge is -2.34. The van der Waals surface area contributed by atoms with Crippen LogP contribution in [0.25, 0.3) is 89.1 Å². The van der Waals surface area contributed by atoms with Gasteiger partial charge in [0.1, 0.15) is 11.2 Å². The lowest BCUT2D eigenvalue weighted by atomic mass is 9.92. The zero-order chi connectivity index (χ0) is 48.2. The number of aromatic nitrogens is 3. The molecule has 5 heteroatoms. The van der Waals surface area contributed by atoms with E-state index in [9.17, 15) is 1.37 Å². The molecular weight excluding hydrogens is 819 g/mol. The first-order valence-corrected chi connectivity index (χ1v) is 23.9. The van der Waals surface area contributed by atoms with Gasteiger partial charge in [0.15, 0.2) is 25.5 Å². The second-order valence-electron chi connectivity index (χ2n) is 16.3. The summed E-state index contributed by atoms with van der Waals surface area (Å²) in [4.78, 5) is 15.5. The molecule has 10 aromatic carbocycles. The summed E-state index contributed by atoms with van der Waals surface area (Å²) in [5.74, 6) is 1.49. The van der Waals surface area contributed by atoms with Crippen LogP contribution in [0.4, 0.5) is 0 Å². The Bertz CT molecular complexity index is 3880. The van der Waals surface area contributed by atoms with Crippen molar-refractivity contribution in [2.45, 2.75) is 0 Å². The highest BCUT2D eigenvalue weighted by Gasteiger charge is 2.41. The fraction of sp³-hybridized carbons (Fsp3) is 0. The highest BCUT2D eigenvalue weighted by molar-refractivity contribution is 7.19. The number of hydrogen-bond donors (Lipinski definition) is 0. The molecule has 0 fully saturated rings. The number of rotatable bonds is 9. The quantitative estimate of drug-likeness (QED) is 0.107. The van der Waals surface area contributed by atoms with Crippen molar-refractivity contribution in [1.29, 1.82) is 0 Å². The van der Waals surface area contributed by atoms with Crippen LogP contribution in [0.15, 0.2) is 253 Å². The summed E-state index contributed by atoms with van der Waals surface area (Å²) in [7, 11) is -2.79. The third-order valence-electron chi connectivity index (χ3n) is 12.6. The van der Waals surface area contributed by atoms with Crippen molar-refractivity contribution in [3.05, 3.63) is 249 Å². The summed E-state index contributed by atoms with van der Waals surface area (Å²) in [5, 5.41) is 7.60. The Kier molecular flexibility index (Phi) is 8.52. The molecule has 0 radical (unpaired) electrons. The van der Waals surface area contributed by atoms with Gasteiger partial charge in [-0.3, -0.25) is 0 Å². The first kappa shape index (κ1) is 34.0. The molecule has 0 bridgehead atoms. The van der Waals surface area contributed by atoms with Crippen LogP contribution in [0.1, 0.15) is 6.85 Å². The van der Waals surface area contributed by atoms with Gasteiger partial charge in [-0.25, -0.2) is 15.0 Å². The third-order valence-corrected chi connectivity index (χ3v) is 17.4. The predicted octanol–water partition coefficient (Wildman–Crippen LogP) is 12.6. The van der Waals surface area contributed by atoms with Crippen molar-refractivity contribution in [1.82, 2.24) is 15.0 Å². The molecule has 12 rings (SSSR count). The van der Waals surface area contributed by atoms with Crippen LogP contribution in [0.3, 0.4) is 0 Å². The second-order valence-corrected chi connectivity index (χ2v) is 20.1. The number of fused-ring (bicyclic) bond motifs is 4. The average molecular weight is 865 g/mol. The van der Waals surface area contributed by atoms with Gasteiger partial charge >= 0.3 is 0 Å². The first-order chi connectivity index (χ1) is 34.8. The predicted molar refractivity (Wildman–Crippen MR) is 275 cm³/mol. The van der Waals surface area contributed by atoms with Crippen LogP contribution in [0.5, 0.6) is 0 Å². The molecule has 4 nitrogen and oxygen atoms in total. The molecular formula is C61H41N3OSi. The maximum absolute atomic E-state index is 9.46. The average Bonchev–Trinajstić information content (AvgIpc) is 3.80. The topological polar surface area (TPSA) is 51.8 Å². The molecule has 2 heterocycles. The van der Waals surface area contributed by atoms with E-state index in [2.05, 4.69) is 115 Å². The zero-order valence-corrected chi connectivity index (χ0v) is 36.5. The second kappa shape index (κ2) is 16.6. The minimum atomic E-state index is -2.79. The van der Waals surface area contributed by atoms with Gasteiger partial charge in [0.05, 0.1) is 6.85 Å². The number of furan rings is 1. The fourth-order valence-corrected chi connectivity index (χ4v) is 14.3. The molecule has 0 saturated heterocycles. The molecule has 2 aromatic heterocycles. The summed E-state index contributed by atoms with van der Waals surface area (Å²) in [6.45, 7) is 0. The molecule has 0 saturated carbocycles. The van der Waals surface area contributed by atoms with E-state index < -0.39 is 8.07 Å². The molecule has 66 heavy (non-hydrogen) atoms. The minimum absolute atomic E-state index is 0.00751. The van der Waals surface area contributed by atoms with E-state index in [0.717, 1.165) is 27.5 Å². The summed E-state index contributed by atoms with van der Waals surface area (Å²) in [6, 6.07) is 73.1. The Labute approximate surface area is 391 Å². The molecule has 0 atom stereocenters. The van der Waals surface area contributed by atoms with Gasteiger partial charge in [-0.1, -0.05) is 236 Å².